The van der Waals surface area contributed by atoms with Crippen LogP contribution in [0, 0.1) is 34.5 Å². The molecule has 1 aromatic rings. The van der Waals surface area contributed by atoms with Gasteiger partial charge in [-0.3, -0.25) is 15.1 Å². The van der Waals surface area contributed by atoms with Gasteiger partial charge in [0.2, 0.25) is 5.82 Å². The van der Waals surface area contributed by atoms with Crippen LogP contribution in [-0.4, -0.2) is 34.9 Å². The molecule has 0 unspecified atom stereocenters. The average Bonchev–Trinajstić information content (AvgIpc) is 2.75. The van der Waals surface area contributed by atoms with Gasteiger partial charge in [0, 0.05) is 17.8 Å². The summed E-state index contributed by atoms with van der Waals surface area (Å²) in [6, 6.07) is -0.147. The number of unbranched alkanes of at least 4 members (excludes halogenated alkanes) is 1. The van der Waals surface area contributed by atoms with Gasteiger partial charge in [0.25, 0.3) is 0 Å². The van der Waals surface area contributed by atoms with Crippen LogP contribution in [0.5, 0.6) is 0 Å². The van der Waals surface area contributed by atoms with Gasteiger partial charge in [-0.05, 0) is 26.2 Å². The van der Waals surface area contributed by atoms with Gasteiger partial charge in [0.1, 0.15) is 22.7 Å². The van der Waals surface area contributed by atoms with E-state index in [-0.39, 0.29) is 12.6 Å². The highest BCUT2D eigenvalue weighted by Crippen LogP contribution is 2.35. The number of hydrogen-bond acceptors (Lipinski definition) is 6. The number of benzene rings is 1. The van der Waals surface area contributed by atoms with E-state index in [4.69, 9.17) is 4.74 Å². The highest BCUT2D eigenvalue weighted by molar-refractivity contribution is 6.15. The van der Waals surface area contributed by atoms with Crippen LogP contribution in [0.15, 0.2) is 10.6 Å². The fourth-order valence-corrected chi connectivity index (χ4v) is 3.30. The normalized spacial score (nSPS) is 15.8. The van der Waals surface area contributed by atoms with Crippen LogP contribution in [0.2, 0.25) is 0 Å². The Balaban J connectivity index is 2.64. The van der Waals surface area contributed by atoms with Crippen LogP contribution in [0.1, 0.15) is 63.0 Å². The van der Waals surface area contributed by atoms with E-state index in [0.29, 0.717) is 12.8 Å². The van der Waals surface area contributed by atoms with Crippen LogP contribution in [0.25, 0.3) is 5.76 Å². The first kappa shape index (κ1) is 24.4. The van der Waals surface area contributed by atoms with Crippen LogP contribution < -0.4 is 0 Å². The summed E-state index contributed by atoms with van der Waals surface area (Å²) in [6.45, 7) is 2.71. The number of nitro groups is 1. The number of ether oxygens (including phenoxy) is 1. The van der Waals surface area contributed by atoms with E-state index >= 15 is 0 Å². The van der Waals surface area contributed by atoms with Crippen LogP contribution in [-0.2, 0) is 9.53 Å². The van der Waals surface area contributed by atoms with Crippen molar-refractivity contribution in [3.8, 4) is 0 Å². The third kappa shape index (κ3) is 5.62. The Morgan fingerprint density at radius 1 is 1.23 bits per heavy atom. The second-order valence-electron chi connectivity index (χ2n) is 7.37. The molecule has 1 fully saturated rings. The molecule has 170 valence electrons. The molecule has 0 aliphatic heterocycles. The summed E-state index contributed by atoms with van der Waals surface area (Å²) in [5.74, 6) is -7.56. The van der Waals surface area contributed by atoms with Gasteiger partial charge in [-0.2, -0.15) is 4.39 Å². The molecule has 31 heavy (non-hydrogen) atoms. The van der Waals surface area contributed by atoms with Crippen molar-refractivity contribution in [3.63, 3.8) is 0 Å². The molecule has 1 aliphatic carbocycles. The third-order valence-electron chi connectivity index (χ3n) is 5.13. The van der Waals surface area contributed by atoms with Crippen molar-refractivity contribution in [1.82, 2.24) is 0 Å². The molecule has 0 saturated heterocycles. The summed E-state index contributed by atoms with van der Waals surface area (Å²) >= 11 is 0. The Labute approximate surface area is 177 Å². The summed E-state index contributed by atoms with van der Waals surface area (Å²) in [5, 5.41) is 22.0. The molecular formula is C21H25F3N2O5. The van der Waals surface area contributed by atoms with Crippen LogP contribution >= 0.6 is 0 Å². The number of aliphatic imine (C=N–C) groups is 1. The predicted octanol–water partition coefficient (Wildman–Crippen LogP) is 5.34. The first-order valence-corrected chi connectivity index (χ1v) is 10.2. The van der Waals surface area contributed by atoms with Crippen LogP contribution in [0.4, 0.5) is 18.9 Å². The molecule has 0 radical (unpaired) electrons. The number of halogens is 3. The molecule has 0 heterocycles. The minimum Gasteiger partial charge on any atom is -0.506 e. The van der Waals surface area contributed by atoms with Gasteiger partial charge in [0.15, 0.2) is 5.82 Å². The molecule has 0 aromatic heterocycles. The van der Waals surface area contributed by atoms with Crippen molar-refractivity contribution in [2.24, 2.45) is 4.99 Å². The first-order valence-electron chi connectivity index (χ1n) is 10.2. The summed E-state index contributed by atoms with van der Waals surface area (Å²) < 4.78 is 47.9. The number of aliphatic hydroxyl groups excluding tert-OH is 1. The lowest BCUT2D eigenvalue weighted by Crippen LogP contribution is -2.16. The summed E-state index contributed by atoms with van der Waals surface area (Å²) in [5.41, 5.74) is -4.36. The zero-order valence-corrected chi connectivity index (χ0v) is 17.4. The molecule has 7 nitrogen and oxygen atoms in total. The number of nitro benzene ring substituents is 1. The zero-order valence-electron chi connectivity index (χ0n) is 17.4. The van der Waals surface area contributed by atoms with Crippen molar-refractivity contribution in [1.29, 1.82) is 0 Å². The van der Waals surface area contributed by atoms with Gasteiger partial charge in [-0.25, -0.2) is 13.6 Å². The Hall–Kier alpha value is -2.91. The molecule has 1 aliphatic rings. The molecule has 10 heteroatoms. The number of rotatable bonds is 8. The van der Waals surface area contributed by atoms with Crippen molar-refractivity contribution < 1.29 is 32.7 Å². The maximum absolute atomic E-state index is 14.7. The molecule has 1 aromatic carbocycles. The largest absolute Gasteiger partial charge is 0.506 e. The van der Waals surface area contributed by atoms with E-state index in [1.807, 2.05) is 6.92 Å². The smallest absolute Gasteiger partial charge is 0.343 e. The molecule has 0 spiro atoms. The SMILES string of the molecule is CCCCOC(=O)C(C=NC1CCCCC1)=C(O)c1c(F)c(C)c(F)c(F)c1[N+](=O)[O-]. The summed E-state index contributed by atoms with van der Waals surface area (Å²) in [4.78, 5) is 26.7. The van der Waals surface area contributed by atoms with E-state index in [2.05, 4.69) is 4.99 Å². The maximum atomic E-state index is 14.7. The molecule has 1 saturated carbocycles. The Morgan fingerprint density at radius 2 is 1.87 bits per heavy atom. The summed E-state index contributed by atoms with van der Waals surface area (Å²) in [6.07, 6.45) is 6.58. The topological polar surface area (TPSA) is 102 Å². The van der Waals surface area contributed by atoms with Crippen molar-refractivity contribution in [2.75, 3.05) is 6.61 Å². The summed E-state index contributed by atoms with van der Waals surface area (Å²) in [7, 11) is 0. The highest BCUT2D eigenvalue weighted by atomic mass is 19.2. The highest BCUT2D eigenvalue weighted by Gasteiger charge is 2.35. The minimum atomic E-state index is -1.94. The standard InChI is InChI=1S/C21H25F3N2O5/c1-3-4-10-31-21(28)14(11-25-13-8-6-5-7-9-13)20(27)15-16(22)12(2)17(23)18(24)19(15)26(29)30/h11,13,27H,3-10H2,1-2H3. The van der Waals surface area contributed by atoms with E-state index in [1.165, 1.54) is 0 Å². The quantitative estimate of drug-likeness (QED) is 0.0856. The molecule has 0 amide bonds. The van der Waals surface area contributed by atoms with Gasteiger partial charge < -0.3 is 9.84 Å². The van der Waals surface area contributed by atoms with Gasteiger partial charge in [-0.1, -0.05) is 32.6 Å². The lowest BCUT2D eigenvalue weighted by atomic mass is 9.96. The van der Waals surface area contributed by atoms with Crippen molar-refractivity contribution in [2.45, 2.75) is 64.8 Å². The third-order valence-corrected chi connectivity index (χ3v) is 5.13. The van der Waals surface area contributed by atoms with Gasteiger partial charge in [0.05, 0.1) is 11.5 Å². The molecule has 1 N–H and O–H groups in total. The van der Waals surface area contributed by atoms with E-state index in [9.17, 15) is 33.2 Å². The Bertz CT molecular complexity index is 909. The molecule has 0 atom stereocenters. The fraction of sp³-hybridized carbons (Fsp3) is 0.524. The number of aliphatic hydroxyl groups is 1. The predicted molar refractivity (Wildman–Crippen MR) is 108 cm³/mol. The maximum Gasteiger partial charge on any atom is 0.343 e. The molecule has 0 bridgehead atoms. The fourth-order valence-electron chi connectivity index (χ4n) is 3.30. The Kier molecular flexibility index (Phi) is 8.58. The van der Waals surface area contributed by atoms with E-state index in [0.717, 1.165) is 45.2 Å². The molecule has 2 rings (SSSR count). The first-order chi connectivity index (χ1) is 14.7. The number of carbonyl (C=O) groups is 1. The Morgan fingerprint density at radius 3 is 2.45 bits per heavy atom. The second-order valence-corrected chi connectivity index (χ2v) is 7.37. The second kappa shape index (κ2) is 10.9. The number of nitrogens with zero attached hydrogens (tertiary/aromatic N) is 2. The van der Waals surface area contributed by atoms with Crippen molar-refractivity contribution in [3.05, 3.63) is 44.3 Å². The van der Waals surface area contributed by atoms with E-state index < -0.39 is 56.5 Å². The zero-order chi connectivity index (χ0) is 23.1. The number of hydrogen-bond donors (Lipinski definition) is 1. The molecular weight excluding hydrogens is 417 g/mol. The monoisotopic (exact) mass is 442 g/mol. The number of carbonyl (C=O) groups excluding carboxylic acids is 1. The van der Waals surface area contributed by atoms with Gasteiger partial charge >= 0.3 is 11.7 Å². The number of esters is 1. The minimum absolute atomic E-state index is 0.00916. The van der Waals surface area contributed by atoms with Crippen LogP contribution in [0.3, 0.4) is 0 Å². The lowest BCUT2D eigenvalue weighted by Gasteiger charge is -2.17. The lowest BCUT2D eigenvalue weighted by molar-refractivity contribution is -0.388. The van der Waals surface area contributed by atoms with Crippen molar-refractivity contribution >= 4 is 23.6 Å². The van der Waals surface area contributed by atoms with Gasteiger partial charge in [-0.15, -0.1) is 0 Å². The average molecular weight is 442 g/mol. The van der Waals surface area contributed by atoms with E-state index in [1.54, 1.807) is 0 Å².